The SMILES string of the molecule is C#CCOc1ccc(C2=[C-]CCC(=O)N2CC(F)F)c(Br)c1.[Y]. The summed E-state index contributed by atoms with van der Waals surface area (Å²) in [7, 11) is 0. The van der Waals surface area contributed by atoms with Gasteiger partial charge in [-0.05, 0) is 12.1 Å². The van der Waals surface area contributed by atoms with Crippen LogP contribution in [0.25, 0.3) is 5.70 Å². The Morgan fingerprint density at radius 2 is 2.22 bits per heavy atom. The number of allylic oxidation sites excluding steroid dienone is 1. The van der Waals surface area contributed by atoms with Gasteiger partial charge in [-0.1, -0.05) is 26.3 Å². The van der Waals surface area contributed by atoms with E-state index in [9.17, 15) is 13.6 Å². The first-order valence-corrected chi connectivity index (χ1v) is 7.37. The Morgan fingerprint density at radius 1 is 1.48 bits per heavy atom. The molecular weight excluding hydrogens is 445 g/mol. The summed E-state index contributed by atoms with van der Waals surface area (Å²) < 4.78 is 31.3. The normalized spacial score (nSPS) is 14.1. The molecule has 1 aliphatic heterocycles. The molecule has 1 radical (unpaired) electrons. The molecule has 0 N–H and O–H groups in total. The molecular formula is C16H13BrF2NO2Y-. The maximum absolute atomic E-state index is 12.7. The van der Waals surface area contributed by atoms with Gasteiger partial charge in [-0.3, -0.25) is 4.79 Å². The van der Waals surface area contributed by atoms with E-state index in [-0.39, 0.29) is 51.6 Å². The van der Waals surface area contributed by atoms with Gasteiger partial charge in [-0.2, -0.15) is 0 Å². The molecule has 0 unspecified atom stereocenters. The number of rotatable bonds is 5. The monoisotopic (exact) mass is 457 g/mol. The van der Waals surface area contributed by atoms with Gasteiger partial charge >= 0.3 is 0 Å². The summed E-state index contributed by atoms with van der Waals surface area (Å²) in [5.41, 5.74) is 0.980. The van der Waals surface area contributed by atoms with E-state index in [1.54, 1.807) is 18.2 Å². The van der Waals surface area contributed by atoms with Crippen molar-refractivity contribution >= 4 is 27.5 Å². The Bertz CT molecular complexity index is 643. The molecule has 0 saturated carbocycles. The molecule has 1 aromatic carbocycles. The molecule has 2 rings (SSSR count). The smallest absolute Gasteiger partial charge is 0.256 e. The standard InChI is InChI=1S/C16H13BrF2NO2.Y/c1-2-8-22-11-6-7-12(13(17)9-11)14-4-3-5-16(21)20(14)10-15(18)19;/h1,6-7,9,15H,3,5,8,10H2;/q-1;. The fourth-order valence-electron chi connectivity index (χ4n) is 2.12. The average Bonchev–Trinajstić information content (AvgIpc) is 2.47. The summed E-state index contributed by atoms with van der Waals surface area (Å²) in [5, 5.41) is 0. The van der Waals surface area contributed by atoms with E-state index in [2.05, 4.69) is 27.9 Å². The van der Waals surface area contributed by atoms with Crippen molar-refractivity contribution in [2.45, 2.75) is 19.3 Å². The summed E-state index contributed by atoms with van der Waals surface area (Å²) in [5.74, 6) is 2.58. The van der Waals surface area contributed by atoms with E-state index in [1.165, 1.54) is 0 Å². The van der Waals surface area contributed by atoms with Gasteiger partial charge in [-0.15, -0.1) is 30.2 Å². The summed E-state index contributed by atoms with van der Waals surface area (Å²) in [6.45, 7) is -0.500. The van der Waals surface area contributed by atoms with Gasteiger partial charge in [0.15, 0.2) is 0 Å². The van der Waals surface area contributed by atoms with E-state index < -0.39 is 13.0 Å². The minimum atomic E-state index is -2.60. The third-order valence-corrected chi connectivity index (χ3v) is 3.70. The predicted octanol–water partition coefficient (Wildman–Crippen LogP) is 3.49. The molecule has 1 amide bonds. The number of hydrogen-bond donors (Lipinski definition) is 0. The fraction of sp³-hybridized carbons (Fsp3) is 0.312. The zero-order valence-electron chi connectivity index (χ0n) is 12.2. The molecule has 0 atom stereocenters. The Morgan fingerprint density at radius 3 is 2.83 bits per heavy atom. The molecule has 7 heteroatoms. The van der Waals surface area contributed by atoms with Crippen LogP contribution in [0.3, 0.4) is 0 Å². The van der Waals surface area contributed by atoms with Crippen molar-refractivity contribution in [3.8, 4) is 18.1 Å². The maximum atomic E-state index is 12.7. The zero-order valence-corrected chi connectivity index (χ0v) is 16.6. The maximum Gasteiger partial charge on any atom is 0.256 e. The number of terminal acetylenes is 1. The molecule has 3 nitrogen and oxygen atoms in total. The molecule has 1 heterocycles. The van der Waals surface area contributed by atoms with Crippen LogP contribution in [0.5, 0.6) is 5.75 Å². The molecule has 0 aromatic heterocycles. The van der Waals surface area contributed by atoms with E-state index in [4.69, 9.17) is 11.2 Å². The fourth-order valence-corrected chi connectivity index (χ4v) is 2.66. The number of ether oxygens (including phenoxy) is 1. The van der Waals surface area contributed by atoms with Gasteiger partial charge in [0, 0.05) is 39.1 Å². The van der Waals surface area contributed by atoms with E-state index in [0.29, 0.717) is 27.9 Å². The quantitative estimate of drug-likeness (QED) is 0.500. The van der Waals surface area contributed by atoms with Gasteiger partial charge in [0.2, 0.25) is 5.91 Å². The minimum Gasteiger partial charge on any atom is -0.481 e. The van der Waals surface area contributed by atoms with E-state index in [1.807, 2.05) is 0 Å². The second-order valence-electron chi connectivity index (χ2n) is 4.56. The molecule has 0 fully saturated rings. The minimum absolute atomic E-state index is 0. The van der Waals surface area contributed by atoms with Crippen LogP contribution in [0.2, 0.25) is 0 Å². The summed E-state index contributed by atoms with van der Waals surface area (Å²) in [4.78, 5) is 13.0. The van der Waals surface area contributed by atoms with E-state index >= 15 is 0 Å². The molecule has 0 bridgehead atoms. The number of alkyl halides is 2. The first-order chi connectivity index (χ1) is 10.5. The van der Waals surface area contributed by atoms with Crippen molar-refractivity contribution in [3.63, 3.8) is 0 Å². The van der Waals surface area contributed by atoms with Gasteiger partial charge in [0.1, 0.15) is 12.4 Å². The Kier molecular flexibility index (Phi) is 8.39. The number of carbonyl (C=O) groups is 1. The van der Waals surface area contributed by atoms with Gasteiger partial charge in [0.05, 0.1) is 6.54 Å². The van der Waals surface area contributed by atoms with Crippen molar-refractivity contribution in [2.75, 3.05) is 13.2 Å². The van der Waals surface area contributed by atoms with Crippen molar-refractivity contribution in [2.24, 2.45) is 0 Å². The molecule has 0 aliphatic carbocycles. The van der Waals surface area contributed by atoms with Crippen molar-refractivity contribution in [1.29, 1.82) is 0 Å². The van der Waals surface area contributed by atoms with Crippen LogP contribution in [-0.2, 0) is 37.5 Å². The van der Waals surface area contributed by atoms with E-state index in [0.717, 1.165) is 4.90 Å². The Balaban J connectivity index is 0.00000264. The van der Waals surface area contributed by atoms with Crippen LogP contribution >= 0.6 is 15.9 Å². The van der Waals surface area contributed by atoms with Crippen molar-refractivity contribution in [1.82, 2.24) is 4.90 Å². The second kappa shape index (κ2) is 9.51. The van der Waals surface area contributed by atoms with Crippen molar-refractivity contribution in [3.05, 3.63) is 34.3 Å². The van der Waals surface area contributed by atoms with Gasteiger partial charge in [-0.25, -0.2) is 14.9 Å². The third-order valence-electron chi connectivity index (χ3n) is 3.04. The number of halogens is 3. The number of benzene rings is 1. The van der Waals surface area contributed by atoms with Crippen molar-refractivity contribution < 1.29 is 51.0 Å². The summed E-state index contributed by atoms with van der Waals surface area (Å²) in [6, 6.07) is 5.04. The number of carbonyl (C=O) groups excluding carboxylic acids is 1. The zero-order chi connectivity index (χ0) is 16.1. The molecule has 23 heavy (non-hydrogen) atoms. The summed E-state index contributed by atoms with van der Waals surface area (Å²) >= 11 is 3.37. The number of hydrogen-bond acceptors (Lipinski definition) is 2. The average molecular weight is 458 g/mol. The molecule has 0 saturated heterocycles. The largest absolute Gasteiger partial charge is 0.481 e. The first kappa shape index (κ1) is 20.3. The second-order valence-corrected chi connectivity index (χ2v) is 5.41. The summed E-state index contributed by atoms with van der Waals surface area (Å²) in [6.07, 6.45) is 6.14. The van der Waals surface area contributed by atoms with Crippen LogP contribution in [0, 0.1) is 18.4 Å². The van der Waals surface area contributed by atoms with Gasteiger partial charge < -0.3 is 9.64 Å². The topological polar surface area (TPSA) is 29.5 Å². The number of amides is 1. The number of nitrogens with zero attached hydrogens (tertiary/aromatic N) is 1. The van der Waals surface area contributed by atoms with Crippen LogP contribution in [0.4, 0.5) is 8.78 Å². The van der Waals surface area contributed by atoms with Crippen LogP contribution in [0.1, 0.15) is 18.4 Å². The van der Waals surface area contributed by atoms with Crippen LogP contribution in [-0.4, -0.2) is 30.4 Å². The van der Waals surface area contributed by atoms with Crippen LogP contribution in [0.15, 0.2) is 22.7 Å². The Hall–Kier alpha value is -0.766. The van der Waals surface area contributed by atoms with Gasteiger partial charge in [0.25, 0.3) is 6.43 Å². The predicted molar refractivity (Wildman–Crippen MR) is 82.1 cm³/mol. The molecule has 0 spiro atoms. The first-order valence-electron chi connectivity index (χ1n) is 6.58. The molecule has 1 aliphatic rings. The van der Waals surface area contributed by atoms with Crippen LogP contribution < -0.4 is 4.74 Å². The Labute approximate surface area is 167 Å². The molecule has 119 valence electrons. The third kappa shape index (κ3) is 5.37. The molecule has 1 aromatic rings.